The minimum absolute atomic E-state index is 0.000205. The first-order chi connectivity index (χ1) is 12.3. The minimum atomic E-state index is -4.71. The van der Waals surface area contributed by atoms with Crippen molar-refractivity contribution >= 4 is 28.9 Å². The number of alkyl halides is 3. The van der Waals surface area contributed by atoms with Gasteiger partial charge in [-0.25, -0.2) is 0 Å². The van der Waals surface area contributed by atoms with Crippen molar-refractivity contribution in [1.82, 2.24) is 0 Å². The maximum Gasteiger partial charge on any atom is 0.573 e. The van der Waals surface area contributed by atoms with Gasteiger partial charge >= 0.3 is 6.36 Å². The number of rotatable bonds is 2. The van der Waals surface area contributed by atoms with Crippen LogP contribution in [0.1, 0.15) is 29.5 Å². The molecule has 0 unspecified atom stereocenters. The van der Waals surface area contributed by atoms with Gasteiger partial charge in [-0.15, -0.1) is 13.2 Å². The Morgan fingerprint density at radius 2 is 1.85 bits per heavy atom. The van der Waals surface area contributed by atoms with Crippen molar-refractivity contribution in [3.8, 4) is 5.75 Å². The van der Waals surface area contributed by atoms with Crippen LogP contribution in [-0.4, -0.2) is 6.36 Å². The average molecular weight is 400 g/mol. The number of hydrogen-bond acceptors (Lipinski definition) is 2. The normalized spacial score (nSPS) is 24.0. The lowest BCUT2D eigenvalue weighted by Gasteiger charge is -2.38. The Morgan fingerprint density at radius 3 is 2.58 bits per heavy atom. The molecular weight excluding hydrogens is 386 g/mol. The Labute approximate surface area is 158 Å². The molecule has 2 aliphatic rings. The summed E-state index contributed by atoms with van der Waals surface area (Å²) in [7, 11) is 0. The molecule has 0 bridgehead atoms. The zero-order valence-electron chi connectivity index (χ0n) is 13.4. The molecule has 0 saturated carbocycles. The zero-order valence-corrected chi connectivity index (χ0v) is 14.9. The number of benzene rings is 2. The molecule has 0 saturated heterocycles. The standard InChI is InChI=1S/C19H14Cl2F3NO/c20-10-4-6-14(16(21)8-10)18-13-3-1-2-12(13)15-9-11(26-19(22,23)24)5-7-17(15)25-18/h1-2,4-9,12-13,18,25H,3H2/t12-,13-,18+/m0/s1. The van der Waals surface area contributed by atoms with Crippen molar-refractivity contribution in [1.29, 1.82) is 0 Å². The van der Waals surface area contributed by atoms with Gasteiger partial charge in [0.05, 0.1) is 6.04 Å². The maximum atomic E-state index is 12.5. The predicted molar refractivity (Wildman–Crippen MR) is 95.9 cm³/mol. The molecule has 1 aliphatic carbocycles. The second-order valence-electron chi connectivity index (χ2n) is 6.44. The van der Waals surface area contributed by atoms with E-state index >= 15 is 0 Å². The third kappa shape index (κ3) is 3.26. The van der Waals surface area contributed by atoms with Crippen LogP contribution in [0.25, 0.3) is 0 Å². The highest BCUT2D eigenvalue weighted by Crippen LogP contribution is 2.51. The van der Waals surface area contributed by atoms with Gasteiger partial charge in [0.15, 0.2) is 0 Å². The molecule has 1 aliphatic heterocycles. The first-order valence-electron chi connectivity index (χ1n) is 8.10. The van der Waals surface area contributed by atoms with Crippen LogP contribution in [0.5, 0.6) is 5.75 Å². The monoisotopic (exact) mass is 399 g/mol. The summed E-state index contributed by atoms with van der Waals surface area (Å²) in [5.41, 5.74) is 2.51. The van der Waals surface area contributed by atoms with Crippen molar-refractivity contribution in [2.24, 2.45) is 5.92 Å². The summed E-state index contributed by atoms with van der Waals surface area (Å²) in [5, 5.41) is 4.56. The number of ether oxygens (including phenoxy) is 1. The molecule has 1 N–H and O–H groups in total. The van der Waals surface area contributed by atoms with Crippen LogP contribution in [0.15, 0.2) is 48.6 Å². The van der Waals surface area contributed by atoms with Crippen molar-refractivity contribution in [2.45, 2.75) is 24.7 Å². The van der Waals surface area contributed by atoms with Gasteiger partial charge < -0.3 is 10.1 Å². The highest BCUT2D eigenvalue weighted by molar-refractivity contribution is 6.35. The van der Waals surface area contributed by atoms with Gasteiger partial charge in [-0.2, -0.15) is 0 Å². The average Bonchev–Trinajstić information content (AvgIpc) is 3.03. The van der Waals surface area contributed by atoms with E-state index in [0.29, 0.717) is 10.0 Å². The third-order valence-corrected chi connectivity index (χ3v) is 5.43. The second kappa shape index (κ2) is 6.39. The molecule has 2 nitrogen and oxygen atoms in total. The van der Waals surface area contributed by atoms with Crippen molar-refractivity contribution in [2.75, 3.05) is 5.32 Å². The Balaban J connectivity index is 1.72. The van der Waals surface area contributed by atoms with Crippen molar-refractivity contribution in [3.05, 3.63) is 69.7 Å². The number of hydrogen-bond donors (Lipinski definition) is 1. The fourth-order valence-corrected chi connectivity index (χ4v) is 4.36. The summed E-state index contributed by atoms with van der Waals surface area (Å²) in [5.74, 6) is -0.0536. The predicted octanol–water partition coefficient (Wildman–Crippen LogP) is 6.72. The lowest BCUT2D eigenvalue weighted by molar-refractivity contribution is -0.274. The van der Waals surface area contributed by atoms with E-state index in [1.807, 2.05) is 12.1 Å². The molecule has 136 valence electrons. The Bertz CT molecular complexity index is 882. The summed E-state index contributed by atoms with van der Waals surface area (Å²) in [6.07, 6.45) is 0.199. The summed E-state index contributed by atoms with van der Waals surface area (Å²) in [6.45, 7) is 0. The molecule has 4 rings (SSSR count). The van der Waals surface area contributed by atoms with Crippen LogP contribution in [0.3, 0.4) is 0 Å². The van der Waals surface area contributed by atoms with E-state index < -0.39 is 6.36 Å². The SMILES string of the molecule is FC(F)(F)Oc1ccc2c(c1)[C@H]1C=CC[C@@H]1[C@H](c1ccc(Cl)cc1Cl)N2. The number of nitrogens with one attached hydrogen (secondary N) is 1. The van der Waals surface area contributed by atoms with Gasteiger partial charge in [0.1, 0.15) is 5.75 Å². The van der Waals surface area contributed by atoms with Crippen LogP contribution in [-0.2, 0) is 0 Å². The van der Waals surface area contributed by atoms with Gasteiger partial charge in [-0.3, -0.25) is 0 Å². The van der Waals surface area contributed by atoms with E-state index in [1.54, 1.807) is 18.2 Å². The highest BCUT2D eigenvalue weighted by Gasteiger charge is 2.39. The number of allylic oxidation sites excluding steroid dienone is 2. The number of anilines is 1. The van der Waals surface area contributed by atoms with Crippen LogP contribution in [0, 0.1) is 5.92 Å². The van der Waals surface area contributed by atoms with E-state index in [-0.39, 0.29) is 23.6 Å². The van der Waals surface area contributed by atoms with Crippen molar-refractivity contribution < 1.29 is 17.9 Å². The number of halogens is 5. The van der Waals surface area contributed by atoms with E-state index in [0.717, 1.165) is 23.2 Å². The first-order valence-corrected chi connectivity index (χ1v) is 8.85. The van der Waals surface area contributed by atoms with Gasteiger partial charge in [-0.05, 0) is 53.8 Å². The van der Waals surface area contributed by atoms with E-state index in [2.05, 4.69) is 16.1 Å². The van der Waals surface area contributed by atoms with E-state index in [9.17, 15) is 13.2 Å². The van der Waals surface area contributed by atoms with Crippen molar-refractivity contribution in [3.63, 3.8) is 0 Å². The smallest absolute Gasteiger partial charge is 0.406 e. The first kappa shape index (κ1) is 17.6. The summed E-state index contributed by atoms with van der Waals surface area (Å²) >= 11 is 12.4. The molecule has 0 fully saturated rings. The van der Waals surface area contributed by atoms with Gasteiger partial charge in [0.2, 0.25) is 0 Å². The van der Waals surface area contributed by atoms with E-state index in [4.69, 9.17) is 23.2 Å². The van der Waals surface area contributed by atoms with Gasteiger partial charge in [0.25, 0.3) is 0 Å². The highest BCUT2D eigenvalue weighted by atomic mass is 35.5. The lowest BCUT2D eigenvalue weighted by Crippen LogP contribution is -2.29. The molecule has 0 spiro atoms. The van der Waals surface area contributed by atoms with Gasteiger partial charge in [-0.1, -0.05) is 41.4 Å². The summed E-state index contributed by atoms with van der Waals surface area (Å²) in [6, 6.07) is 9.73. The molecule has 3 atom stereocenters. The Hall–Kier alpha value is -1.85. The molecule has 7 heteroatoms. The minimum Gasteiger partial charge on any atom is -0.406 e. The largest absolute Gasteiger partial charge is 0.573 e. The second-order valence-corrected chi connectivity index (χ2v) is 7.28. The Kier molecular flexibility index (Phi) is 4.32. The lowest BCUT2D eigenvalue weighted by atomic mass is 9.77. The van der Waals surface area contributed by atoms with Crippen LogP contribution >= 0.6 is 23.2 Å². The van der Waals surface area contributed by atoms with Crippen LogP contribution in [0.4, 0.5) is 18.9 Å². The molecule has 0 radical (unpaired) electrons. The van der Waals surface area contributed by atoms with Gasteiger partial charge in [0, 0.05) is 21.7 Å². The molecule has 2 aromatic rings. The Morgan fingerprint density at radius 1 is 1.04 bits per heavy atom. The fourth-order valence-electron chi connectivity index (χ4n) is 3.83. The maximum absolute atomic E-state index is 12.5. The number of fused-ring (bicyclic) bond motifs is 3. The third-order valence-electron chi connectivity index (χ3n) is 4.87. The molecule has 1 heterocycles. The summed E-state index contributed by atoms with van der Waals surface area (Å²) < 4.78 is 41.6. The van der Waals surface area contributed by atoms with Crippen LogP contribution < -0.4 is 10.1 Å². The quantitative estimate of drug-likeness (QED) is 0.565. The summed E-state index contributed by atoms with van der Waals surface area (Å²) in [4.78, 5) is 0. The molecular formula is C19H14Cl2F3NO. The molecule has 2 aromatic carbocycles. The topological polar surface area (TPSA) is 21.3 Å². The van der Waals surface area contributed by atoms with E-state index in [1.165, 1.54) is 12.1 Å². The van der Waals surface area contributed by atoms with Crippen LogP contribution in [0.2, 0.25) is 10.0 Å². The molecule has 0 amide bonds. The molecule has 26 heavy (non-hydrogen) atoms. The molecule has 0 aromatic heterocycles. The zero-order chi connectivity index (χ0) is 18.5. The fraction of sp³-hybridized carbons (Fsp3) is 0.263.